The Hall–Kier alpha value is -0.960. The third kappa shape index (κ3) is 1.30. The van der Waals surface area contributed by atoms with Gasteiger partial charge in [0, 0.05) is 20.2 Å². The SMILES string of the molecule is CN(C)c1ccc(CN)o1. The van der Waals surface area contributed by atoms with Gasteiger partial charge in [0.15, 0.2) is 5.88 Å². The van der Waals surface area contributed by atoms with E-state index in [9.17, 15) is 0 Å². The van der Waals surface area contributed by atoms with E-state index in [-0.39, 0.29) is 0 Å². The minimum atomic E-state index is 0.466. The van der Waals surface area contributed by atoms with Crippen molar-refractivity contribution in [3.05, 3.63) is 17.9 Å². The average molecular weight is 140 g/mol. The van der Waals surface area contributed by atoms with Gasteiger partial charge in [0.2, 0.25) is 0 Å². The highest BCUT2D eigenvalue weighted by Crippen LogP contribution is 2.14. The molecule has 0 aromatic carbocycles. The molecule has 1 rings (SSSR count). The fraction of sp³-hybridized carbons (Fsp3) is 0.429. The summed E-state index contributed by atoms with van der Waals surface area (Å²) in [4.78, 5) is 1.90. The number of nitrogens with zero attached hydrogens (tertiary/aromatic N) is 1. The lowest BCUT2D eigenvalue weighted by atomic mass is 10.4. The average Bonchev–Trinajstić information content (AvgIpc) is 2.34. The Morgan fingerprint density at radius 3 is 2.50 bits per heavy atom. The van der Waals surface area contributed by atoms with E-state index in [2.05, 4.69) is 0 Å². The van der Waals surface area contributed by atoms with E-state index >= 15 is 0 Å². The summed E-state index contributed by atoms with van der Waals surface area (Å²) in [6.07, 6.45) is 0. The van der Waals surface area contributed by atoms with Gasteiger partial charge in [-0.25, -0.2) is 0 Å². The first-order valence-corrected chi connectivity index (χ1v) is 3.20. The summed E-state index contributed by atoms with van der Waals surface area (Å²) < 4.78 is 5.30. The highest BCUT2D eigenvalue weighted by Gasteiger charge is 1.99. The summed E-state index contributed by atoms with van der Waals surface area (Å²) in [7, 11) is 3.86. The van der Waals surface area contributed by atoms with Crippen molar-refractivity contribution in [2.45, 2.75) is 6.54 Å². The van der Waals surface area contributed by atoms with Crippen LogP contribution in [0.2, 0.25) is 0 Å². The van der Waals surface area contributed by atoms with Crippen molar-refractivity contribution in [3.8, 4) is 0 Å². The predicted octanol–water partition coefficient (Wildman–Crippen LogP) is 0.804. The first kappa shape index (κ1) is 7.15. The van der Waals surface area contributed by atoms with E-state index < -0.39 is 0 Å². The van der Waals surface area contributed by atoms with Gasteiger partial charge < -0.3 is 15.1 Å². The molecule has 0 aliphatic rings. The molecule has 0 atom stereocenters. The second kappa shape index (κ2) is 2.75. The smallest absolute Gasteiger partial charge is 0.195 e. The monoisotopic (exact) mass is 140 g/mol. The maximum atomic E-state index is 5.35. The molecular weight excluding hydrogens is 128 g/mol. The summed E-state index contributed by atoms with van der Waals surface area (Å²) in [5.74, 6) is 1.67. The molecule has 0 unspecified atom stereocenters. The van der Waals surface area contributed by atoms with Crippen molar-refractivity contribution in [1.82, 2.24) is 0 Å². The topological polar surface area (TPSA) is 42.4 Å². The van der Waals surface area contributed by atoms with Gasteiger partial charge in [-0.05, 0) is 6.07 Å². The van der Waals surface area contributed by atoms with Gasteiger partial charge in [0.05, 0.1) is 6.54 Å². The van der Waals surface area contributed by atoms with Crippen molar-refractivity contribution >= 4 is 5.88 Å². The Labute approximate surface area is 60.4 Å². The number of rotatable bonds is 2. The minimum absolute atomic E-state index is 0.466. The van der Waals surface area contributed by atoms with Crippen LogP contribution >= 0.6 is 0 Å². The molecule has 0 aliphatic heterocycles. The molecule has 3 nitrogen and oxygen atoms in total. The summed E-state index contributed by atoms with van der Waals surface area (Å²) in [6.45, 7) is 0.466. The first-order valence-electron chi connectivity index (χ1n) is 3.20. The third-order valence-corrected chi connectivity index (χ3v) is 1.29. The molecule has 0 spiro atoms. The molecule has 2 N–H and O–H groups in total. The third-order valence-electron chi connectivity index (χ3n) is 1.29. The quantitative estimate of drug-likeness (QED) is 0.660. The van der Waals surface area contributed by atoms with Crippen LogP contribution in [0.1, 0.15) is 5.76 Å². The Morgan fingerprint density at radius 1 is 1.50 bits per heavy atom. The van der Waals surface area contributed by atoms with Gasteiger partial charge >= 0.3 is 0 Å². The fourth-order valence-corrected chi connectivity index (χ4v) is 0.717. The lowest BCUT2D eigenvalue weighted by molar-refractivity contribution is 0.513. The molecule has 10 heavy (non-hydrogen) atoms. The van der Waals surface area contributed by atoms with Gasteiger partial charge in [0.25, 0.3) is 0 Å². The summed E-state index contributed by atoms with van der Waals surface area (Å²) in [6, 6.07) is 3.79. The first-order chi connectivity index (χ1) is 4.74. The molecule has 0 fully saturated rings. The molecule has 3 heteroatoms. The standard InChI is InChI=1S/C7H12N2O/c1-9(2)7-4-3-6(5-8)10-7/h3-4H,5,8H2,1-2H3. The summed E-state index contributed by atoms with van der Waals surface area (Å²) in [5.41, 5.74) is 5.35. The zero-order chi connectivity index (χ0) is 7.56. The lowest BCUT2D eigenvalue weighted by Crippen LogP contribution is -2.06. The number of anilines is 1. The molecule has 0 amide bonds. The van der Waals surface area contributed by atoms with Crippen LogP contribution < -0.4 is 10.6 Å². The van der Waals surface area contributed by atoms with Gasteiger partial charge in [-0.3, -0.25) is 0 Å². The maximum absolute atomic E-state index is 5.35. The van der Waals surface area contributed by atoms with E-state index in [0.29, 0.717) is 6.54 Å². The molecule has 1 heterocycles. The molecule has 56 valence electrons. The number of furan rings is 1. The zero-order valence-corrected chi connectivity index (χ0v) is 6.29. The van der Waals surface area contributed by atoms with Crippen LogP contribution in [0.15, 0.2) is 16.5 Å². The molecule has 1 aromatic rings. The Balaban J connectivity index is 2.78. The van der Waals surface area contributed by atoms with E-state index in [1.807, 2.05) is 31.1 Å². The summed E-state index contributed by atoms with van der Waals surface area (Å²) >= 11 is 0. The van der Waals surface area contributed by atoms with Crippen LogP contribution in [-0.4, -0.2) is 14.1 Å². The van der Waals surface area contributed by atoms with Crippen molar-refractivity contribution in [1.29, 1.82) is 0 Å². The van der Waals surface area contributed by atoms with Gasteiger partial charge in [-0.2, -0.15) is 0 Å². The van der Waals surface area contributed by atoms with Crippen LogP contribution in [0.5, 0.6) is 0 Å². The van der Waals surface area contributed by atoms with E-state index in [1.54, 1.807) is 0 Å². The zero-order valence-electron chi connectivity index (χ0n) is 6.29. The van der Waals surface area contributed by atoms with E-state index in [0.717, 1.165) is 11.6 Å². The highest BCUT2D eigenvalue weighted by molar-refractivity contribution is 5.33. The van der Waals surface area contributed by atoms with E-state index in [1.165, 1.54) is 0 Å². The van der Waals surface area contributed by atoms with Crippen LogP contribution in [0, 0.1) is 0 Å². The van der Waals surface area contributed by atoms with Crippen LogP contribution in [0.25, 0.3) is 0 Å². The normalized spacial score (nSPS) is 9.90. The molecule has 0 radical (unpaired) electrons. The Morgan fingerprint density at radius 2 is 2.20 bits per heavy atom. The lowest BCUT2D eigenvalue weighted by Gasteiger charge is -2.05. The van der Waals surface area contributed by atoms with Crippen molar-refractivity contribution in [3.63, 3.8) is 0 Å². The van der Waals surface area contributed by atoms with Crippen molar-refractivity contribution in [2.75, 3.05) is 19.0 Å². The number of hydrogen-bond donors (Lipinski definition) is 1. The van der Waals surface area contributed by atoms with Gasteiger partial charge in [-0.15, -0.1) is 0 Å². The molecule has 0 bridgehead atoms. The Kier molecular flexibility index (Phi) is 1.97. The fourth-order valence-electron chi connectivity index (χ4n) is 0.717. The second-order valence-electron chi connectivity index (χ2n) is 2.34. The van der Waals surface area contributed by atoms with Gasteiger partial charge in [0.1, 0.15) is 5.76 Å². The maximum Gasteiger partial charge on any atom is 0.195 e. The van der Waals surface area contributed by atoms with Crippen molar-refractivity contribution < 1.29 is 4.42 Å². The molecule has 0 aliphatic carbocycles. The molecule has 0 saturated heterocycles. The van der Waals surface area contributed by atoms with Gasteiger partial charge in [-0.1, -0.05) is 0 Å². The van der Waals surface area contributed by atoms with Crippen LogP contribution in [0.4, 0.5) is 5.88 Å². The number of nitrogens with two attached hydrogens (primary N) is 1. The number of hydrogen-bond acceptors (Lipinski definition) is 3. The molecule has 0 saturated carbocycles. The van der Waals surface area contributed by atoms with Crippen LogP contribution in [0.3, 0.4) is 0 Å². The second-order valence-corrected chi connectivity index (χ2v) is 2.34. The molecule has 1 aromatic heterocycles. The summed E-state index contributed by atoms with van der Waals surface area (Å²) in [5, 5.41) is 0. The highest BCUT2D eigenvalue weighted by atomic mass is 16.4. The largest absolute Gasteiger partial charge is 0.444 e. The van der Waals surface area contributed by atoms with Crippen molar-refractivity contribution in [2.24, 2.45) is 5.73 Å². The predicted molar refractivity (Wildman–Crippen MR) is 40.9 cm³/mol. The minimum Gasteiger partial charge on any atom is -0.444 e. The molecular formula is C7H12N2O. The van der Waals surface area contributed by atoms with Crippen LogP contribution in [-0.2, 0) is 6.54 Å². The Bertz CT molecular complexity index is 205. The van der Waals surface area contributed by atoms with E-state index in [4.69, 9.17) is 10.2 Å².